The molecular formula is C19H27N3O3. The van der Waals surface area contributed by atoms with Crippen molar-refractivity contribution in [2.45, 2.75) is 63.8 Å². The third-order valence-electron chi connectivity index (χ3n) is 4.70. The van der Waals surface area contributed by atoms with Gasteiger partial charge in [-0.05, 0) is 57.6 Å². The van der Waals surface area contributed by atoms with Crippen molar-refractivity contribution in [2.75, 3.05) is 0 Å². The lowest BCUT2D eigenvalue weighted by atomic mass is 9.92. The van der Waals surface area contributed by atoms with Gasteiger partial charge in [0.2, 0.25) is 0 Å². The number of hydrogen-bond acceptors (Lipinski definition) is 4. The molecule has 6 nitrogen and oxygen atoms in total. The molecule has 5 N–H and O–H groups in total. The lowest BCUT2D eigenvalue weighted by Gasteiger charge is -2.22. The van der Waals surface area contributed by atoms with Gasteiger partial charge in [-0.2, -0.15) is 0 Å². The van der Waals surface area contributed by atoms with Crippen molar-refractivity contribution in [3.63, 3.8) is 0 Å². The molecule has 1 saturated carbocycles. The van der Waals surface area contributed by atoms with Gasteiger partial charge < -0.3 is 25.9 Å². The molecule has 136 valence electrons. The Morgan fingerprint density at radius 1 is 1.36 bits per heavy atom. The second kappa shape index (κ2) is 6.69. The number of alkyl carbamates (subject to hydrolysis) is 1. The molecule has 1 aromatic heterocycles. The van der Waals surface area contributed by atoms with Crippen molar-refractivity contribution >= 4 is 17.0 Å². The van der Waals surface area contributed by atoms with Gasteiger partial charge in [0.05, 0.1) is 5.52 Å². The van der Waals surface area contributed by atoms with Crippen molar-refractivity contribution in [2.24, 2.45) is 5.73 Å². The van der Waals surface area contributed by atoms with E-state index in [1.54, 1.807) is 0 Å². The number of nitrogens with two attached hydrogens (primary N) is 1. The fraction of sp³-hybridized carbons (Fsp3) is 0.526. The summed E-state index contributed by atoms with van der Waals surface area (Å²) < 4.78 is 5.34. The maximum absolute atomic E-state index is 12.0. The Kier molecular flexibility index (Phi) is 4.75. The standard InChI is InChI=1S/C19H27N3O3/c1-19(2,3)25-18(24)22-12-5-4-11(10-12)13-6-7-15(17(20)23)16-14(13)8-9-21-16/h6-9,11-12,17,21,23H,4-5,10,20H2,1-3H3,(H,22,24). The Balaban J connectivity index is 1.72. The molecule has 25 heavy (non-hydrogen) atoms. The number of aliphatic hydroxyl groups is 1. The average molecular weight is 345 g/mol. The fourth-order valence-electron chi connectivity index (χ4n) is 3.67. The van der Waals surface area contributed by atoms with Crippen molar-refractivity contribution in [3.05, 3.63) is 35.5 Å². The number of aromatic nitrogens is 1. The van der Waals surface area contributed by atoms with E-state index in [2.05, 4.69) is 10.3 Å². The van der Waals surface area contributed by atoms with E-state index in [0.29, 0.717) is 11.5 Å². The molecule has 3 atom stereocenters. The topological polar surface area (TPSA) is 100 Å². The van der Waals surface area contributed by atoms with Gasteiger partial charge in [-0.3, -0.25) is 0 Å². The normalized spacial score (nSPS) is 22.1. The highest BCUT2D eigenvalue weighted by Crippen LogP contribution is 2.39. The maximum Gasteiger partial charge on any atom is 0.407 e. The van der Waals surface area contributed by atoms with E-state index in [-0.39, 0.29) is 12.1 Å². The molecule has 0 aliphatic heterocycles. The summed E-state index contributed by atoms with van der Waals surface area (Å²) in [4.78, 5) is 15.1. The Labute approximate surface area is 147 Å². The number of carbonyl (C=O) groups is 1. The summed E-state index contributed by atoms with van der Waals surface area (Å²) in [5.41, 5.74) is 7.97. The minimum Gasteiger partial charge on any atom is -0.444 e. The molecule has 0 radical (unpaired) electrons. The zero-order valence-corrected chi connectivity index (χ0v) is 15.0. The lowest BCUT2D eigenvalue weighted by molar-refractivity contribution is 0.0505. The van der Waals surface area contributed by atoms with Crippen molar-refractivity contribution in [3.8, 4) is 0 Å². The number of amides is 1. The number of ether oxygens (including phenoxy) is 1. The van der Waals surface area contributed by atoms with Crippen LogP contribution in [-0.2, 0) is 4.74 Å². The van der Waals surface area contributed by atoms with Crippen LogP contribution in [0.1, 0.15) is 63.3 Å². The zero-order chi connectivity index (χ0) is 18.2. The number of rotatable bonds is 3. The van der Waals surface area contributed by atoms with E-state index in [0.717, 1.165) is 30.2 Å². The first-order valence-corrected chi connectivity index (χ1v) is 8.77. The molecule has 3 unspecified atom stereocenters. The van der Waals surface area contributed by atoms with E-state index >= 15 is 0 Å². The summed E-state index contributed by atoms with van der Waals surface area (Å²) in [5.74, 6) is 0.363. The predicted octanol–water partition coefficient (Wildman–Crippen LogP) is 3.28. The number of aromatic amines is 1. The van der Waals surface area contributed by atoms with Crippen LogP contribution < -0.4 is 11.1 Å². The van der Waals surface area contributed by atoms with Gasteiger partial charge in [-0.15, -0.1) is 0 Å². The summed E-state index contributed by atoms with van der Waals surface area (Å²) in [6.07, 6.45) is 3.32. The van der Waals surface area contributed by atoms with Crippen LogP contribution in [0.25, 0.3) is 10.9 Å². The van der Waals surface area contributed by atoms with Gasteiger partial charge >= 0.3 is 6.09 Å². The molecule has 0 bridgehead atoms. The Morgan fingerprint density at radius 3 is 2.80 bits per heavy atom. The van der Waals surface area contributed by atoms with Gasteiger partial charge in [0.15, 0.2) is 0 Å². The van der Waals surface area contributed by atoms with Crippen LogP contribution >= 0.6 is 0 Å². The smallest absolute Gasteiger partial charge is 0.407 e. The largest absolute Gasteiger partial charge is 0.444 e. The average Bonchev–Trinajstić information content (AvgIpc) is 3.12. The van der Waals surface area contributed by atoms with Crippen LogP contribution in [0.3, 0.4) is 0 Å². The molecule has 1 amide bonds. The summed E-state index contributed by atoms with van der Waals surface area (Å²) in [6, 6.07) is 6.06. The van der Waals surface area contributed by atoms with Gasteiger partial charge in [-0.1, -0.05) is 12.1 Å². The number of benzene rings is 1. The molecule has 2 aromatic rings. The summed E-state index contributed by atoms with van der Waals surface area (Å²) in [5, 5.41) is 13.8. The van der Waals surface area contributed by atoms with Crippen molar-refractivity contribution < 1.29 is 14.6 Å². The van der Waals surface area contributed by atoms with Crippen molar-refractivity contribution in [1.29, 1.82) is 0 Å². The molecule has 1 heterocycles. The number of nitrogens with one attached hydrogen (secondary N) is 2. The minimum absolute atomic E-state index is 0.119. The lowest BCUT2D eigenvalue weighted by Crippen LogP contribution is -2.37. The third-order valence-corrected chi connectivity index (χ3v) is 4.70. The molecule has 1 fully saturated rings. The van der Waals surface area contributed by atoms with Crippen LogP contribution in [0.4, 0.5) is 4.79 Å². The number of fused-ring (bicyclic) bond motifs is 1. The van der Waals surface area contributed by atoms with Crippen LogP contribution in [0.5, 0.6) is 0 Å². The van der Waals surface area contributed by atoms with Crippen LogP contribution in [-0.4, -0.2) is 27.8 Å². The molecule has 3 rings (SSSR count). The Hall–Kier alpha value is -2.05. The Morgan fingerprint density at radius 2 is 2.12 bits per heavy atom. The molecular weight excluding hydrogens is 318 g/mol. The number of hydrogen-bond donors (Lipinski definition) is 4. The fourth-order valence-corrected chi connectivity index (χ4v) is 3.67. The highest BCUT2D eigenvalue weighted by Gasteiger charge is 2.30. The van der Waals surface area contributed by atoms with Crippen LogP contribution in [0.2, 0.25) is 0 Å². The molecule has 0 saturated heterocycles. The van der Waals surface area contributed by atoms with Crippen LogP contribution in [0.15, 0.2) is 24.4 Å². The first-order valence-electron chi connectivity index (χ1n) is 8.77. The Bertz CT molecular complexity index is 761. The van der Waals surface area contributed by atoms with E-state index < -0.39 is 11.8 Å². The molecule has 1 aliphatic carbocycles. The second-order valence-corrected chi connectivity index (χ2v) is 7.81. The molecule has 1 aromatic carbocycles. The SMILES string of the molecule is CC(C)(C)OC(=O)NC1CCC(c2ccc(C(N)O)c3[nH]ccc23)C1. The predicted molar refractivity (Wildman–Crippen MR) is 97.2 cm³/mol. The number of carbonyl (C=O) groups excluding carboxylic acids is 1. The van der Waals surface area contributed by atoms with Gasteiger partial charge in [-0.25, -0.2) is 4.79 Å². The summed E-state index contributed by atoms with van der Waals surface area (Å²) >= 11 is 0. The first kappa shape index (κ1) is 17.8. The summed E-state index contributed by atoms with van der Waals surface area (Å²) in [7, 11) is 0. The molecule has 0 spiro atoms. The van der Waals surface area contributed by atoms with Gasteiger partial charge in [0, 0.05) is 23.2 Å². The van der Waals surface area contributed by atoms with Crippen molar-refractivity contribution in [1.82, 2.24) is 10.3 Å². The highest BCUT2D eigenvalue weighted by molar-refractivity contribution is 5.86. The molecule has 6 heteroatoms. The molecule has 1 aliphatic rings. The third kappa shape index (κ3) is 3.96. The zero-order valence-electron chi connectivity index (χ0n) is 15.0. The van der Waals surface area contributed by atoms with Gasteiger partial charge in [0.25, 0.3) is 0 Å². The quantitative estimate of drug-likeness (QED) is 0.641. The highest BCUT2D eigenvalue weighted by atomic mass is 16.6. The van der Waals surface area contributed by atoms with E-state index in [4.69, 9.17) is 10.5 Å². The van der Waals surface area contributed by atoms with E-state index in [1.165, 1.54) is 5.56 Å². The summed E-state index contributed by atoms with van der Waals surface area (Å²) in [6.45, 7) is 5.58. The monoisotopic (exact) mass is 345 g/mol. The minimum atomic E-state index is -1.000. The van der Waals surface area contributed by atoms with E-state index in [1.807, 2.05) is 45.2 Å². The number of aliphatic hydroxyl groups excluding tert-OH is 1. The van der Waals surface area contributed by atoms with Gasteiger partial charge in [0.1, 0.15) is 11.8 Å². The second-order valence-electron chi connectivity index (χ2n) is 7.81. The number of H-pyrrole nitrogens is 1. The van der Waals surface area contributed by atoms with E-state index in [9.17, 15) is 9.90 Å². The first-order chi connectivity index (χ1) is 11.7. The van der Waals surface area contributed by atoms with Crippen LogP contribution in [0, 0.1) is 0 Å². The maximum atomic E-state index is 12.0.